The van der Waals surface area contributed by atoms with Crippen LogP contribution < -0.4 is 5.14 Å². The van der Waals surface area contributed by atoms with E-state index >= 15 is 0 Å². The number of hydrogen-bond donors (Lipinski definition) is 1. The predicted octanol–water partition coefficient (Wildman–Crippen LogP) is 1.35. The van der Waals surface area contributed by atoms with Crippen LogP contribution in [0.3, 0.4) is 0 Å². The van der Waals surface area contributed by atoms with E-state index in [4.69, 9.17) is 0 Å². The van der Waals surface area contributed by atoms with Crippen molar-refractivity contribution in [2.45, 2.75) is 11.1 Å². The Morgan fingerprint density at radius 2 is 1.93 bits per heavy atom. The van der Waals surface area contributed by atoms with Crippen LogP contribution in [-0.2, 0) is 16.2 Å². The molecule has 0 radical (unpaired) electrons. The third kappa shape index (κ3) is 2.78. The first kappa shape index (κ1) is 12.6. The fourth-order valence-corrected chi connectivity index (χ4v) is 3.01. The molecule has 0 aliphatic rings. The monoisotopic (exact) mass is 352 g/mol. The Bertz CT molecular complexity index is 486. The number of pyridine rings is 1. The summed E-state index contributed by atoms with van der Waals surface area (Å²) in [6.07, 6.45) is -3.97. The molecule has 0 saturated carbocycles. The van der Waals surface area contributed by atoms with Crippen molar-refractivity contribution >= 4 is 32.6 Å². The highest BCUT2D eigenvalue weighted by Crippen LogP contribution is 2.33. The number of nitrogens with two attached hydrogens (primary N) is 1. The summed E-state index contributed by atoms with van der Waals surface area (Å²) in [4.78, 5) is 2.00. The van der Waals surface area contributed by atoms with E-state index in [-0.39, 0.29) is 3.57 Å². The quantitative estimate of drug-likeness (QED) is 0.776. The predicted molar refractivity (Wildman–Crippen MR) is 53.3 cm³/mol. The second kappa shape index (κ2) is 3.87. The molecule has 0 bridgehead atoms. The largest absolute Gasteiger partial charge is 0.434 e. The lowest BCUT2D eigenvalue weighted by Crippen LogP contribution is -2.21. The highest BCUT2D eigenvalue weighted by Gasteiger charge is 2.39. The van der Waals surface area contributed by atoms with Gasteiger partial charge >= 0.3 is 6.18 Å². The Morgan fingerprint density at radius 3 is 2.27 bits per heavy atom. The van der Waals surface area contributed by atoms with Crippen molar-refractivity contribution in [3.8, 4) is 0 Å². The number of sulfonamides is 1. The van der Waals surface area contributed by atoms with Gasteiger partial charge in [0, 0.05) is 9.77 Å². The van der Waals surface area contributed by atoms with Gasteiger partial charge in [-0.2, -0.15) is 13.2 Å². The number of halogens is 4. The Morgan fingerprint density at radius 1 is 1.40 bits per heavy atom. The van der Waals surface area contributed by atoms with Gasteiger partial charge in [-0.3, -0.25) is 4.98 Å². The highest BCUT2D eigenvalue weighted by atomic mass is 127. The summed E-state index contributed by atoms with van der Waals surface area (Å²) in [5.74, 6) is 0. The molecule has 0 aromatic carbocycles. The van der Waals surface area contributed by atoms with Gasteiger partial charge in [0.15, 0.2) is 5.69 Å². The highest BCUT2D eigenvalue weighted by molar-refractivity contribution is 14.1. The lowest BCUT2D eigenvalue weighted by molar-refractivity contribution is -0.143. The molecule has 0 atom stereocenters. The molecule has 9 heteroatoms. The summed E-state index contributed by atoms with van der Waals surface area (Å²) in [5, 5.41) is 4.68. The fraction of sp³-hybridized carbons (Fsp3) is 0.167. The lowest BCUT2D eigenvalue weighted by Gasteiger charge is -2.10. The maximum absolute atomic E-state index is 12.4. The summed E-state index contributed by atoms with van der Waals surface area (Å²) in [6.45, 7) is 0. The molecule has 1 heterocycles. The number of hydrogen-bond acceptors (Lipinski definition) is 3. The molecular formula is C6H4F3IN2O2S. The zero-order valence-corrected chi connectivity index (χ0v) is 9.89. The van der Waals surface area contributed by atoms with Gasteiger partial charge in [-0.1, -0.05) is 0 Å². The van der Waals surface area contributed by atoms with Gasteiger partial charge in [-0.25, -0.2) is 13.6 Å². The fourth-order valence-electron chi connectivity index (χ4n) is 0.897. The molecule has 15 heavy (non-hydrogen) atoms. The maximum atomic E-state index is 12.4. The van der Waals surface area contributed by atoms with Gasteiger partial charge < -0.3 is 0 Å². The van der Waals surface area contributed by atoms with E-state index in [1.54, 1.807) is 0 Å². The van der Waals surface area contributed by atoms with Crippen LogP contribution in [-0.4, -0.2) is 13.4 Å². The van der Waals surface area contributed by atoms with E-state index in [1.807, 2.05) is 0 Å². The number of primary sulfonamides is 1. The SMILES string of the molecule is NS(=O)(=O)c1c(I)ccnc1C(F)(F)F. The Labute approximate surface area is 96.9 Å². The molecule has 84 valence electrons. The van der Waals surface area contributed by atoms with E-state index in [0.29, 0.717) is 0 Å². The smallest absolute Gasteiger partial charge is 0.250 e. The van der Waals surface area contributed by atoms with Crippen molar-refractivity contribution in [1.82, 2.24) is 4.98 Å². The molecule has 0 amide bonds. The van der Waals surface area contributed by atoms with Crippen LogP contribution in [0.4, 0.5) is 13.2 Å². The summed E-state index contributed by atoms with van der Waals surface area (Å²) >= 11 is 1.45. The third-order valence-corrected chi connectivity index (χ3v) is 3.66. The molecule has 1 rings (SSSR count). The number of rotatable bonds is 1. The normalized spacial score (nSPS) is 12.9. The standard InChI is InChI=1S/C6H4F3IN2O2S/c7-6(8,9)5-4(15(11,13)14)3(10)1-2-12-5/h1-2H,(H2,11,13,14). The Balaban J connectivity index is 3.63. The van der Waals surface area contributed by atoms with Crippen LogP contribution >= 0.6 is 22.6 Å². The van der Waals surface area contributed by atoms with Crippen molar-refractivity contribution in [3.05, 3.63) is 21.5 Å². The molecule has 1 aromatic heterocycles. The minimum Gasteiger partial charge on any atom is -0.250 e. The average Bonchev–Trinajstić information content (AvgIpc) is 1.99. The minimum absolute atomic E-state index is 0.113. The van der Waals surface area contributed by atoms with E-state index in [9.17, 15) is 21.6 Å². The third-order valence-electron chi connectivity index (χ3n) is 1.41. The first-order chi connectivity index (χ1) is 6.64. The van der Waals surface area contributed by atoms with E-state index in [0.717, 1.165) is 12.3 Å². The Hall–Kier alpha value is -0.420. The van der Waals surface area contributed by atoms with E-state index in [1.165, 1.54) is 22.6 Å². The molecule has 0 aliphatic heterocycles. The van der Waals surface area contributed by atoms with Crippen molar-refractivity contribution in [1.29, 1.82) is 0 Å². The van der Waals surface area contributed by atoms with Crippen molar-refractivity contribution in [3.63, 3.8) is 0 Å². The molecule has 4 nitrogen and oxygen atoms in total. The second-order valence-corrected chi connectivity index (χ2v) is 5.17. The van der Waals surface area contributed by atoms with Crippen LogP contribution in [0.25, 0.3) is 0 Å². The number of aromatic nitrogens is 1. The minimum atomic E-state index is -4.84. The van der Waals surface area contributed by atoms with E-state index in [2.05, 4.69) is 10.1 Å². The number of nitrogens with zero attached hydrogens (tertiary/aromatic N) is 1. The Kier molecular flexibility index (Phi) is 3.26. The zero-order valence-electron chi connectivity index (χ0n) is 6.92. The topological polar surface area (TPSA) is 73.1 Å². The molecule has 1 aromatic rings. The first-order valence-corrected chi connectivity index (χ1v) is 6.01. The van der Waals surface area contributed by atoms with E-state index < -0.39 is 26.8 Å². The molecule has 0 spiro atoms. The molecule has 0 aliphatic carbocycles. The van der Waals surface area contributed by atoms with Gasteiger partial charge in [0.25, 0.3) is 0 Å². The summed E-state index contributed by atoms with van der Waals surface area (Å²) in [7, 11) is -4.44. The molecule has 0 fully saturated rings. The van der Waals surface area contributed by atoms with Crippen LogP contribution in [0.15, 0.2) is 17.2 Å². The number of alkyl halides is 3. The lowest BCUT2D eigenvalue weighted by atomic mass is 10.3. The second-order valence-electron chi connectivity index (χ2n) is 2.51. The molecular weight excluding hydrogens is 348 g/mol. The summed E-state index contributed by atoms with van der Waals surface area (Å²) < 4.78 is 58.9. The first-order valence-electron chi connectivity index (χ1n) is 3.38. The van der Waals surface area contributed by atoms with Crippen molar-refractivity contribution in [2.24, 2.45) is 5.14 Å². The average molecular weight is 352 g/mol. The maximum Gasteiger partial charge on any atom is 0.434 e. The van der Waals surface area contributed by atoms with Crippen LogP contribution in [0.1, 0.15) is 5.69 Å². The summed E-state index contributed by atoms with van der Waals surface area (Å²) in [5.41, 5.74) is -1.49. The molecule has 0 saturated heterocycles. The molecule has 0 unspecified atom stereocenters. The van der Waals surface area contributed by atoms with Gasteiger partial charge in [-0.15, -0.1) is 0 Å². The van der Waals surface area contributed by atoms with Gasteiger partial charge in [0.2, 0.25) is 10.0 Å². The summed E-state index contributed by atoms with van der Waals surface area (Å²) in [6, 6.07) is 1.13. The van der Waals surface area contributed by atoms with Gasteiger partial charge in [-0.05, 0) is 28.7 Å². The van der Waals surface area contributed by atoms with Crippen LogP contribution in [0, 0.1) is 3.57 Å². The van der Waals surface area contributed by atoms with Crippen LogP contribution in [0.2, 0.25) is 0 Å². The molecule has 2 N–H and O–H groups in total. The van der Waals surface area contributed by atoms with Gasteiger partial charge in [0.1, 0.15) is 4.90 Å². The van der Waals surface area contributed by atoms with Gasteiger partial charge in [0.05, 0.1) is 0 Å². The zero-order chi connectivity index (χ0) is 11.9. The van der Waals surface area contributed by atoms with Crippen LogP contribution in [0.5, 0.6) is 0 Å². The van der Waals surface area contributed by atoms with Crippen molar-refractivity contribution < 1.29 is 21.6 Å². The van der Waals surface area contributed by atoms with Crippen molar-refractivity contribution in [2.75, 3.05) is 0 Å².